The summed E-state index contributed by atoms with van der Waals surface area (Å²) in [5.74, 6) is 0.190. The molecular formula is C13H16O3. The Morgan fingerprint density at radius 3 is 2.88 bits per heavy atom. The second-order valence-corrected chi connectivity index (χ2v) is 5.14. The lowest BCUT2D eigenvalue weighted by Gasteiger charge is -2.27. The van der Waals surface area contributed by atoms with Gasteiger partial charge >= 0.3 is 5.97 Å². The molecule has 0 spiro atoms. The highest BCUT2D eigenvalue weighted by Gasteiger charge is 2.43. The van der Waals surface area contributed by atoms with Crippen LogP contribution in [0.4, 0.5) is 0 Å². The van der Waals surface area contributed by atoms with Crippen LogP contribution in [0.3, 0.4) is 0 Å². The Hall–Kier alpha value is -1.25. The molecule has 0 unspecified atom stereocenters. The average molecular weight is 220 g/mol. The second kappa shape index (κ2) is 3.37. The number of hydrogen-bond donors (Lipinski definition) is 0. The average Bonchev–Trinajstić information content (AvgIpc) is 2.92. The molecule has 3 heteroatoms. The Balaban J connectivity index is 1.64. The van der Waals surface area contributed by atoms with Crippen molar-refractivity contribution in [3.8, 4) is 0 Å². The van der Waals surface area contributed by atoms with Gasteiger partial charge in [-0.2, -0.15) is 0 Å². The van der Waals surface area contributed by atoms with E-state index in [1.54, 1.807) is 6.26 Å². The Bertz CT molecular complexity index is 361. The summed E-state index contributed by atoms with van der Waals surface area (Å²) in [6, 6.07) is 0. The van der Waals surface area contributed by atoms with Gasteiger partial charge in [0, 0.05) is 13.3 Å². The van der Waals surface area contributed by atoms with Crippen molar-refractivity contribution in [3.63, 3.8) is 0 Å². The number of esters is 1. The van der Waals surface area contributed by atoms with Crippen molar-refractivity contribution < 1.29 is 14.3 Å². The van der Waals surface area contributed by atoms with Gasteiger partial charge in [-0.25, -0.2) is 0 Å². The summed E-state index contributed by atoms with van der Waals surface area (Å²) in [5.41, 5.74) is 0. The molecule has 0 aromatic carbocycles. The molecule has 2 bridgehead atoms. The molecule has 86 valence electrons. The molecule has 1 aliphatic heterocycles. The largest absolute Gasteiger partial charge is 0.460 e. The third-order valence-electron chi connectivity index (χ3n) is 3.80. The topological polar surface area (TPSA) is 35.5 Å². The number of fused-ring (bicyclic) bond motifs is 2. The molecule has 0 aromatic heterocycles. The van der Waals surface area contributed by atoms with Crippen LogP contribution in [0.25, 0.3) is 0 Å². The van der Waals surface area contributed by atoms with E-state index < -0.39 is 5.79 Å². The third-order valence-corrected chi connectivity index (χ3v) is 3.80. The first-order valence-corrected chi connectivity index (χ1v) is 5.90. The molecule has 4 atom stereocenters. The van der Waals surface area contributed by atoms with E-state index >= 15 is 0 Å². The van der Waals surface area contributed by atoms with Crippen LogP contribution < -0.4 is 0 Å². The van der Waals surface area contributed by atoms with Crippen LogP contribution in [0.1, 0.15) is 26.2 Å². The van der Waals surface area contributed by atoms with Crippen LogP contribution in [0.5, 0.6) is 0 Å². The summed E-state index contributed by atoms with van der Waals surface area (Å²) in [7, 11) is 0. The summed E-state index contributed by atoms with van der Waals surface area (Å²) in [5, 5.41) is 0. The van der Waals surface area contributed by atoms with Gasteiger partial charge in [0.1, 0.15) is 0 Å². The van der Waals surface area contributed by atoms with Crippen molar-refractivity contribution in [2.24, 2.45) is 17.8 Å². The Morgan fingerprint density at radius 2 is 2.31 bits per heavy atom. The quantitative estimate of drug-likeness (QED) is 0.529. The molecule has 0 N–H and O–H groups in total. The molecule has 3 nitrogen and oxygen atoms in total. The van der Waals surface area contributed by atoms with Crippen LogP contribution in [0.15, 0.2) is 24.5 Å². The van der Waals surface area contributed by atoms with E-state index in [2.05, 4.69) is 12.2 Å². The van der Waals surface area contributed by atoms with E-state index in [1.807, 2.05) is 13.0 Å². The van der Waals surface area contributed by atoms with Gasteiger partial charge in [-0.15, -0.1) is 0 Å². The van der Waals surface area contributed by atoms with Crippen LogP contribution in [-0.4, -0.2) is 11.8 Å². The summed E-state index contributed by atoms with van der Waals surface area (Å²) >= 11 is 0. The lowest BCUT2D eigenvalue weighted by atomic mass is 9.94. The van der Waals surface area contributed by atoms with Gasteiger partial charge in [0.2, 0.25) is 0 Å². The van der Waals surface area contributed by atoms with Crippen molar-refractivity contribution in [2.45, 2.75) is 32.0 Å². The van der Waals surface area contributed by atoms with Crippen molar-refractivity contribution in [1.82, 2.24) is 0 Å². The molecule has 0 aromatic rings. The van der Waals surface area contributed by atoms with E-state index in [4.69, 9.17) is 9.47 Å². The maximum atomic E-state index is 12.0. The van der Waals surface area contributed by atoms with Crippen LogP contribution in [0.2, 0.25) is 0 Å². The minimum atomic E-state index is -0.761. The van der Waals surface area contributed by atoms with E-state index in [0.29, 0.717) is 18.3 Å². The summed E-state index contributed by atoms with van der Waals surface area (Å²) in [4.78, 5) is 12.0. The molecule has 0 radical (unpaired) electrons. The molecule has 0 saturated heterocycles. The molecule has 1 heterocycles. The van der Waals surface area contributed by atoms with Crippen molar-refractivity contribution in [1.29, 1.82) is 0 Å². The highest BCUT2D eigenvalue weighted by Crippen LogP contribution is 2.44. The molecule has 3 rings (SSSR count). The fraction of sp³-hybridized carbons (Fsp3) is 0.615. The van der Waals surface area contributed by atoms with E-state index in [-0.39, 0.29) is 11.9 Å². The minimum absolute atomic E-state index is 0.0519. The first kappa shape index (κ1) is 9.94. The Labute approximate surface area is 95.1 Å². The number of carbonyl (C=O) groups is 1. The fourth-order valence-electron chi connectivity index (χ4n) is 2.91. The number of rotatable bonds is 2. The monoisotopic (exact) mass is 220 g/mol. The zero-order chi connectivity index (χ0) is 11.2. The summed E-state index contributed by atoms with van der Waals surface area (Å²) < 4.78 is 10.8. The SMILES string of the molecule is C[C@@]1(OC(=O)[C@@H]2C[C@H]3C=C[C@H]2C3)CC=CO1. The van der Waals surface area contributed by atoms with Gasteiger partial charge in [0.05, 0.1) is 12.2 Å². The number of ether oxygens (including phenoxy) is 2. The highest BCUT2D eigenvalue weighted by atomic mass is 16.7. The zero-order valence-corrected chi connectivity index (χ0v) is 9.39. The zero-order valence-electron chi connectivity index (χ0n) is 9.39. The molecule has 0 amide bonds. The smallest absolute Gasteiger partial charge is 0.312 e. The highest BCUT2D eigenvalue weighted by molar-refractivity contribution is 5.74. The Kier molecular flexibility index (Phi) is 2.09. The van der Waals surface area contributed by atoms with Gasteiger partial charge in [-0.1, -0.05) is 12.2 Å². The van der Waals surface area contributed by atoms with Gasteiger partial charge in [-0.05, 0) is 30.8 Å². The summed E-state index contributed by atoms with van der Waals surface area (Å²) in [6.07, 6.45) is 10.6. The number of allylic oxidation sites excluding steroid dienone is 2. The lowest BCUT2D eigenvalue weighted by molar-refractivity contribution is -0.202. The summed E-state index contributed by atoms with van der Waals surface area (Å²) in [6.45, 7) is 1.81. The van der Waals surface area contributed by atoms with E-state index in [0.717, 1.165) is 12.8 Å². The predicted octanol–water partition coefficient (Wildman–Crippen LogP) is 2.39. The minimum Gasteiger partial charge on any atom is -0.460 e. The molecule has 2 aliphatic carbocycles. The van der Waals surface area contributed by atoms with Crippen LogP contribution >= 0.6 is 0 Å². The van der Waals surface area contributed by atoms with Crippen molar-refractivity contribution in [3.05, 3.63) is 24.5 Å². The first-order chi connectivity index (χ1) is 7.66. The van der Waals surface area contributed by atoms with Gasteiger partial charge < -0.3 is 9.47 Å². The first-order valence-electron chi connectivity index (χ1n) is 5.90. The van der Waals surface area contributed by atoms with Gasteiger partial charge in [-0.3, -0.25) is 4.79 Å². The molecular weight excluding hydrogens is 204 g/mol. The molecule has 16 heavy (non-hydrogen) atoms. The van der Waals surface area contributed by atoms with E-state index in [9.17, 15) is 4.79 Å². The molecule has 1 fully saturated rings. The normalized spacial score (nSPS) is 43.7. The van der Waals surface area contributed by atoms with Crippen LogP contribution in [-0.2, 0) is 14.3 Å². The van der Waals surface area contributed by atoms with E-state index in [1.165, 1.54) is 0 Å². The molecule has 1 saturated carbocycles. The predicted molar refractivity (Wildman–Crippen MR) is 58.2 cm³/mol. The van der Waals surface area contributed by atoms with Crippen molar-refractivity contribution in [2.75, 3.05) is 0 Å². The fourth-order valence-corrected chi connectivity index (χ4v) is 2.91. The maximum Gasteiger partial charge on any atom is 0.312 e. The number of hydrogen-bond acceptors (Lipinski definition) is 3. The third kappa shape index (κ3) is 1.55. The second-order valence-electron chi connectivity index (χ2n) is 5.14. The van der Waals surface area contributed by atoms with Gasteiger partial charge in [0.15, 0.2) is 0 Å². The van der Waals surface area contributed by atoms with Gasteiger partial charge in [0.25, 0.3) is 5.79 Å². The van der Waals surface area contributed by atoms with Crippen molar-refractivity contribution >= 4 is 5.97 Å². The van der Waals surface area contributed by atoms with Crippen LogP contribution in [0, 0.1) is 17.8 Å². The molecule has 3 aliphatic rings. The number of carbonyl (C=O) groups excluding carboxylic acids is 1. The maximum absolute atomic E-state index is 12.0. The Morgan fingerprint density at radius 1 is 1.44 bits per heavy atom. The standard InChI is InChI=1S/C13H16O3/c1-13(5-2-6-15-13)16-12(14)11-8-9-3-4-10(11)7-9/h2-4,6,9-11H,5,7-8H2,1H3/t9-,10-,11+,13+/m0/s1. The lowest BCUT2D eigenvalue weighted by Crippen LogP contribution is -2.34.